The number of ether oxygens (including phenoxy) is 3. The van der Waals surface area contributed by atoms with Crippen LogP contribution in [0.1, 0.15) is 24.3 Å². The van der Waals surface area contributed by atoms with E-state index in [0.29, 0.717) is 19.5 Å². The molecule has 2 fully saturated rings. The molecular formula is C29H32F3N5O5. The second-order valence-electron chi connectivity index (χ2n) is 10.4. The number of methoxy groups -OCH3 is 1. The van der Waals surface area contributed by atoms with Crippen molar-refractivity contribution in [2.45, 2.75) is 30.3 Å². The fourth-order valence-corrected chi connectivity index (χ4v) is 5.34. The number of nitrogens with zero attached hydrogens (tertiary/aromatic N) is 3. The Morgan fingerprint density at radius 3 is 2.69 bits per heavy atom. The molecule has 1 amide bonds. The van der Waals surface area contributed by atoms with Crippen molar-refractivity contribution in [1.82, 2.24) is 20.2 Å². The minimum absolute atomic E-state index is 0.0679. The lowest BCUT2D eigenvalue weighted by molar-refractivity contribution is -0.227. The van der Waals surface area contributed by atoms with Gasteiger partial charge in [-0.3, -0.25) is 4.79 Å². The Labute approximate surface area is 240 Å². The summed E-state index contributed by atoms with van der Waals surface area (Å²) in [5.41, 5.74) is 4.24. The van der Waals surface area contributed by atoms with Crippen molar-refractivity contribution in [3.05, 3.63) is 66.2 Å². The number of nitrogens with one attached hydrogen (secondary N) is 1. The fourth-order valence-electron chi connectivity index (χ4n) is 5.34. The molecule has 3 aromatic rings. The van der Waals surface area contributed by atoms with Crippen molar-refractivity contribution < 1.29 is 37.3 Å². The third-order valence-corrected chi connectivity index (χ3v) is 7.80. The molecule has 5 rings (SSSR count). The van der Waals surface area contributed by atoms with E-state index in [2.05, 4.69) is 15.3 Å². The van der Waals surface area contributed by atoms with E-state index >= 15 is 8.78 Å². The molecular weight excluding hydrogens is 555 g/mol. The van der Waals surface area contributed by atoms with Crippen LogP contribution in [0.15, 0.2) is 54.9 Å². The fraction of sp³-hybridized carbons (Fsp3) is 0.414. The van der Waals surface area contributed by atoms with Gasteiger partial charge in [0.2, 0.25) is 17.7 Å². The molecule has 3 atom stereocenters. The summed E-state index contributed by atoms with van der Waals surface area (Å²) in [7, 11) is 1.29. The highest BCUT2D eigenvalue weighted by atomic mass is 19.3. The molecule has 0 bridgehead atoms. The monoisotopic (exact) mass is 587 g/mol. The molecule has 0 unspecified atom stereocenters. The Hall–Kier alpha value is -4.10. The van der Waals surface area contributed by atoms with E-state index in [-0.39, 0.29) is 47.3 Å². The zero-order valence-corrected chi connectivity index (χ0v) is 22.9. The van der Waals surface area contributed by atoms with Gasteiger partial charge in [-0.1, -0.05) is 30.3 Å². The number of aliphatic hydroxyl groups is 1. The van der Waals surface area contributed by atoms with Gasteiger partial charge < -0.3 is 35.3 Å². The number of carbonyl (C=O) groups is 1. The third-order valence-electron chi connectivity index (χ3n) is 7.80. The van der Waals surface area contributed by atoms with Gasteiger partial charge in [-0.2, -0.15) is 9.97 Å². The standard InChI is InChI=1S/C29H32F3N5O5/c1-40-23-13-19(7-8-22(23)30)42-26-24(33)25(35-17-36-26)41-16-28(39)10-12-37(15-29(28,31)32)27(38)20-9-11-34-14-21(20)18-5-3-2-4-6-18/h2-8,13,17,20-21,34,39H,9-12,14-16,33H2,1H3/t20-,21+,28+/m1/s1. The molecule has 4 N–H and O–H groups in total. The van der Waals surface area contributed by atoms with Crippen LogP contribution < -0.4 is 25.3 Å². The normalized spacial score (nSPS) is 23.7. The van der Waals surface area contributed by atoms with Crippen LogP contribution >= 0.6 is 0 Å². The minimum atomic E-state index is -3.68. The number of nitrogen functional groups attached to an aromatic ring is 1. The maximum absolute atomic E-state index is 15.5. The predicted molar refractivity (Wildman–Crippen MR) is 146 cm³/mol. The van der Waals surface area contributed by atoms with Crippen LogP contribution in [0.25, 0.3) is 0 Å². The highest BCUT2D eigenvalue weighted by Gasteiger charge is 2.58. The second-order valence-corrected chi connectivity index (χ2v) is 10.4. The molecule has 0 radical (unpaired) electrons. The van der Waals surface area contributed by atoms with Crippen molar-refractivity contribution >= 4 is 11.6 Å². The number of nitrogens with two attached hydrogens (primary N) is 1. The predicted octanol–water partition coefficient (Wildman–Crippen LogP) is 3.37. The quantitative estimate of drug-likeness (QED) is 0.363. The summed E-state index contributed by atoms with van der Waals surface area (Å²) in [6.07, 6.45) is 1.15. The first-order valence-electron chi connectivity index (χ1n) is 13.5. The van der Waals surface area contributed by atoms with Crippen LogP contribution in [0.2, 0.25) is 0 Å². The van der Waals surface area contributed by atoms with Gasteiger partial charge in [-0.25, -0.2) is 13.2 Å². The number of rotatable bonds is 8. The van der Waals surface area contributed by atoms with Gasteiger partial charge in [0.05, 0.1) is 13.7 Å². The van der Waals surface area contributed by atoms with Crippen molar-refractivity contribution in [2.24, 2.45) is 5.92 Å². The van der Waals surface area contributed by atoms with E-state index < -0.39 is 42.8 Å². The average Bonchev–Trinajstić information content (AvgIpc) is 3.00. The van der Waals surface area contributed by atoms with Gasteiger partial charge in [0, 0.05) is 37.4 Å². The smallest absolute Gasteiger partial charge is 0.296 e. The van der Waals surface area contributed by atoms with Gasteiger partial charge in [-0.15, -0.1) is 0 Å². The molecule has 10 nitrogen and oxygen atoms in total. The Morgan fingerprint density at radius 2 is 1.95 bits per heavy atom. The molecule has 13 heteroatoms. The third kappa shape index (κ3) is 5.93. The zero-order chi connectivity index (χ0) is 29.9. The van der Waals surface area contributed by atoms with Gasteiger partial charge in [0.15, 0.2) is 22.9 Å². The van der Waals surface area contributed by atoms with Crippen LogP contribution in [-0.2, 0) is 4.79 Å². The van der Waals surface area contributed by atoms with Crippen LogP contribution in [0.4, 0.5) is 18.9 Å². The van der Waals surface area contributed by atoms with Gasteiger partial charge >= 0.3 is 0 Å². The van der Waals surface area contributed by atoms with Gasteiger partial charge in [-0.05, 0) is 30.7 Å². The maximum atomic E-state index is 15.5. The number of likely N-dealkylation sites (tertiary alicyclic amines) is 1. The summed E-state index contributed by atoms with van der Waals surface area (Å²) >= 11 is 0. The van der Waals surface area contributed by atoms with E-state index in [0.717, 1.165) is 22.9 Å². The van der Waals surface area contributed by atoms with E-state index in [1.54, 1.807) is 0 Å². The van der Waals surface area contributed by atoms with E-state index in [1.807, 2.05) is 30.3 Å². The number of hydrogen-bond acceptors (Lipinski definition) is 9. The molecule has 3 heterocycles. The summed E-state index contributed by atoms with van der Waals surface area (Å²) in [6.45, 7) is -0.671. The Balaban J connectivity index is 1.25. The summed E-state index contributed by atoms with van der Waals surface area (Å²) in [6, 6.07) is 13.3. The van der Waals surface area contributed by atoms with Crippen LogP contribution in [0.3, 0.4) is 0 Å². The van der Waals surface area contributed by atoms with Crippen LogP contribution in [-0.4, -0.2) is 77.3 Å². The maximum Gasteiger partial charge on any atom is 0.296 e. The topological polar surface area (TPSA) is 132 Å². The number of alkyl halides is 2. The summed E-state index contributed by atoms with van der Waals surface area (Å²) in [5.74, 6) is -5.59. The number of carbonyl (C=O) groups excluding carboxylic acids is 1. The number of benzene rings is 2. The van der Waals surface area contributed by atoms with Gasteiger partial charge in [0.1, 0.15) is 18.7 Å². The first kappa shape index (κ1) is 29.4. The molecule has 0 aliphatic carbocycles. The Morgan fingerprint density at radius 1 is 1.19 bits per heavy atom. The van der Waals surface area contributed by atoms with E-state index in [1.165, 1.54) is 19.2 Å². The molecule has 42 heavy (non-hydrogen) atoms. The molecule has 0 spiro atoms. The summed E-state index contributed by atoms with van der Waals surface area (Å²) < 4.78 is 60.6. The number of anilines is 1. The van der Waals surface area contributed by atoms with Crippen molar-refractivity contribution in [3.8, 4) is 23.3 Å². The highest BCUT2D eigenvalue weighted by Crippen LogP contribution is 2.40. The molecule has 2 saturated heterocycles. The van der Waals surface area contributed by atoms with E-state index in [4.69, 9.17) is 19.9 Å². The number of aromatic nitrogens is 2. The molecule has 2 aromatic carbocycles. The van der Waals surface area contributed by atoms with Crippen molar-refractivity contribution in [1.29, 1.82) is 0 Å². The highest BCUT2D eigenvalue weighted by molar-refractivity contribution is 5.80. The molecule has 2 aliphatic rings. The molecule has 2 aliphatic heterocycles. The summed E-state index contributed by atoms with van der Waals surface area (Å²) in [4.78, 5) is 22.4. The Bertz CT molecular complexity index is 1420. The molecule has 224 valence electrons. The largest absolute Gasteiger partial charge is 0.494 e. The Kier molecular flexibility index (Phi) is 8.41. The second kappa shape index (κ2) is 12.0. The number of halogens is 3. The molecule has 0 saturated carbocycles. The first-order valence-corrected chi connectivity index (χ1v) is 13.5. The van der Waals surface area contributed by atoms with Crippen molar-refractivity contribution in [2.75, 3.05) is 45.6 Å². The number of amides is 1. The molecule has 1 aromatic heterocycles. The SMILES string of the molecule is COc1cc(Oc2ncnc(OC[C@@]3(O)CCN(C(=O)[C@@H]4CCNC[C@H]4c4ccccc4)CC3(F)F)c2N)ccc1F. The lowest BCUT2D eigenvalue weighted by atomic mass is 9.79. The minimum Gasteiger partial charge on any atom is -0.494 e. The lowest BCUT2D eigenvalue weighted by Crippen LogP contribution is -2.64. The van der Waals surface area contributed by atoms with Crippen LogP contribution in [0.5, 0.6) is 23.3 Å². The van der Waals surface area contributed by atoms with Crippen LogP contribution in [0, 0.1) is 11.7 Å². The van der Waals surface area contributed by atoms with E-state index in [9.17, 15) is 14.3 Å². The summed E-state index contributed by atoms with van der Waals surface area (Å²) in [5, 5.41) is 14.3. The van der Waals surface area contributed by atoms with Crippen molar-refractivity contribution in [3.63, 3.8) is 0 Å². The van der Waals surface area contributed by atoms with Gasteiger partial charge in [0.25, 0.3) is 5.92 Å². The average molecular weight is 588 g/mol. The number of hydrogen-bond donors (Lipinski definition) is 3. The lowest BCUT2D eigenvalue weighted by Gasteiger charge is -2.45. The zero-order valence-electron chi connectivity index (χ0n) is 22.9. The first-order chi connectivity index (χ1) is 20.1. The number of piperidine rings is 2.